The van der Waals surface area contributed by atoms with Crippen LogP contribution in [0.3, 0.4) is 0 Å². The van der Waals surface area contributed by atoms with Crippen LogP contribution in [0.1, 0.15) is 29.5 Å². The third-order valence-electron chi connectivity index (χ3n) is 7.15. The van der Waals surface area contributed by atoms with E-state index in [4.69, 9.17) is 16.3 Å². The van der Waals surface area contributed by atoms with Crippen molar-refractivity contribution < 1.29 is 9.53 Å². The number of piperidine rings is 1. The van der Waals surface area contributed by atoms with Crippen molar-refractivity contribution in [2.24, 2.45) is 0 Å². The molecule has 6 nitrogen and oxygen atoms in total. The van der Waals surface area contributed by atoms with Gasteiger partial charge in [0.1, 0.15) is 5.75 Å². The van der Waals surface area contributed by atoms with Crippen molar-refractivity contribution in [2.45, 2.75) is 31.1 Å². The second-order valence-electron chi connectivity index (χ2n) is 9.33. The molecule has 1 amide bonds. The van der Waals surface area contributed by atoms with Crippen LogP contribution in [-0.4, -0.2) is 41.0 Å². The summed E-state index contributed by atoms with van der Waals surface area (Å²) in [5.74, 6) is 0.964. The van der Waals surface area contributed by atoms with Gasteiger partial charge in [0.15, 0.2) is 0 Å². The predicted molar refractivity (Wildman–Crippen MR) is 138 cm³/mol. The van der Waals surface area contributed by atoms with Crippen molar-refractivity contribution in [3.63, 3.8) is 0 Å². The van der Waals surface area contributed by atoms with Gasteiger partial charge in [-0.05, 0) is 72.4 Å². The average molecular weight is 490 g/mol. The minimum atomic E-state index is -0.202. The third-order valence-corrected chi connectivity index (χ3v) is 7.40. The summed E-state index contributed by atoms with van der Waals surface area (Å²) in [5.41, 5.74) is 4.60. The van der Waals surface area contributed by atoms with Crippen LogP contribution in [0.4, 0.5) is 0 Å². The smallest absolute Gasteiger partial charge is 0.323 e. The SMILES string of the molecule is COc1cccc(C2(Cc3ccc4[nH]c(=O)[nH]c4c3)CCN(C(=O)Cc3ccc(Cl)cc3)CC2)c1. The number of methoxy groups -OCH3 is 1. The number of hydrogen-bond donors (Lipinski definition) is 2. The number of aromatic amines is 2. The van der Waals surface area contributed by atoms with Crippen LogP contribution in [0.2, 0.25) is 5.02 Å². The molecule has 4 aromatic rings. The summed E-state index contributed by atoms with van der Waals surface area (Å²) < 4.78 is 5.52. The summed E-state index contributed by atoms with van der Waals surface area (Å²) in [6.45, 7) is 1.37. The Kier molecular flexibility index (Phi) is 6.39. The largest absolute Gasteiger partial charge is 0.497 e. The second-order valence-corrected chi connectivity index (χ2v) is 9.77. The van der Waals surface area contributed by atoms with Crippen LogP contribution in [0, 0.1) is 0 Å². The number of nitrogens with one attached hydrogen (secondary N) is 2. The number of amides is 1. The zero-order valence-corrected chi connectivity index (χ0v) is 20.4. The highest BCUT2D eigenvalue weighted by molar-refractivity contribution is 6.30. The molecule has 35 heavy (non-hydrogen) atoms. The Morgan fingerprint density at radius 2 is 1.69 bits per heavy atom. The van der Waals surface area contributed by atoms with Gasteiger partial charge < -0.3 is 19.6 Å². The second kappa shape index (κ2) is 9.62. The number of likely N-dealkylation sites (tertiary alicyclic amines) is 1. The number of halogens is 1. The molecule has 2 heterocycles. The summed E-state index contributed by atoms with van der Waals surface area (Å²) in [7, 11) is 1.68. The number of ether oxygens (including phenoxy) is 1. The molecule has 7 heteroatoms. The molecule has 0 bridgehead atoms. The molecular formula is C28H28ClN3O3. The number of carbonyl (C=O) groups excluding carboxylic acids is 1. The topological polar surface area (TPSA) is 78.2 Å². The number of imidazole rings is 1. The Morgan fingerprint density at radius 3 is 2.43 bits per heavy atom. The highest BCUT2D eigenvalue weighted by atomic mass is 35.5. The maximum absolute atomic E-state index is 13.0. The van der Waals surface area contributed by atoms with E-state index in [-0.39, 0.29) is 17.0 Å². The molecule has 1 saturated heterocycles. The lowest BCUT2D eigenvalue weighted by molar-refractivity contribution is -0.132. The minimum Gasteiger partial charge on any atom is -0.497 e. The summed E-state index contributed by atoms with van der Waals surface area (Å²) in [5, 5.41) is 0.671. The monoisotopic (exact) mass is 489 g/mol. The van der Waals surface area contributed by atoms with E-state index in [0.29, 0.717) is 24.5 Å². The molecule has 3 aromatic carbocycles. The Morgan fingerprint density at radius 1 is 0.971 bits per heavy atom. The molecule has 1 aromatic heterocycles. The van der Waals surface area contributed by atoms with Gasteiger partial charge in [0.25, 0.3) is 0 Å². The van der Waals surface area contributed by atoms with E-state index in [0.717, 1.165) is 47.2 Å². The molecule has 1 aliphatic rings. The Balaban J connectivity index is 1.39. The zero-order chi connectivity index (χ0) is 24.4. The van der Waals surface area contributed by atoms with Crippen LogP contribution in [0.25, 0.3) is 11.0 Å². The number of rotatable bonds is 6. The number of fused-ring (bicyclic) bond motifs is 1. The average Bonchev–Trinajstić information content (AvgIpc) is 3.25. The molecule has 5 rings (SSSR count). The Labute approximate surface area is 208 Å². The van der Waals surface area contributed by atoms with Crippen molar-refractivity contribution in [1.82, 2.24) is 14.9 Å². The van der Waals surface area contributed by atoms with Gasteiger partial charge in [-0.1, -0.05) is 41.9 Å². The van der Waals surface area contributed by atoms with Crippen LogP contribution in [0.5, 0.6) is 5.75 Å². The first-order valence-corrected chi connectivity index (χ1v) is 12.2. The van der Waals surface area contributed by atoms with Gasteiger partial charge >= 0.3 is 5.69 Å². The van der Waals surface area contributed by atoms with E-state index in [1.54, 1.807) is 7.11 Å². The first kappa shape index (κ1) is 23.2. The Bertz CT molecular complexity index is 1400. The standard InChI is InChI=1S/C28H28ClN3O3/c1-35-23-4-2-3-21(17-23)28(18-20-7-10-24-25(15-20)31-27(34)30-24)11-13-32(14-12-28)26(33)16-19-5-8-22(29)9-6-19/h2-10,15,17H,11-14,16,18H2,1H3,(H2,30,31,34). The van der Waals surface area contributed by atoms with E-state index >= 15 is 0 Å². The first-order valence-electron chi connectivity index (χ1n) is 11.8. The molecule has 0 unspecified atom stereocenters. The molecule has 2 N–H and O–H groups in total. The van der Waals surface area contributed by atoms with Gasteiger partial charge in [0.2, 0.25) is 5.91 Å². The number of nitrogens with zero attached hydrogens (tertiary/aromatic N) is 1. The fraction of sp³-hybridized carbons (Fsp3) is 0.286. The van der Waals surface area contributed by atoms with Gasteiger partial charge in [0, 0.05) is 23.5 Å². The van der Waals surface area contributed by atoms with Gasteiger partial charge in [-0.15, -0.1) is 0 Å². The highest BCUT2D eigenvalue weighted by Gasteiger charge is 2.38. The number of hydrogen-bond acceptors (Lipinski definition) is 3. The summed E-state index contributed by atoms with van der Waals surface area (Å²) in [6.07, 6.45) is 2.87. The van der Waals surface area contributed by atoms with Crippen LogP contribution in [-0.2, 0) is 23.1 Å². The Hall–Kier alpha value is -3.51. The number of carbonyl (C=O) groups is 1. The highest BCUT2D eigenvalue weighted by Crippen LogP contribution is 2.40. The van der Waals surface area contributed by atoms with E-state index < -0.39 is 0 Å². The number of aromatic nitrogens is 2. The molecular weight excluding hydrogens is 462 g/mol. The minimum absolute atomic E-state index is 0.137. The molecule has 0 atom stereocenters. The van der Waals surface area contributed by atoms with E-state index in [9.17, 15) is 9.59 Å². The van der Waals surface area contributed by atoms with Crippen LogP contribution < -0.4 is 10.4 Å². The lowest BCUT2D eigenvalue weighted by Crippen LogP contribution is -2.46. The third kappa shape index (κ3) is 4.98. The van der Waals surface area contributed by atoms with Crippen LogP contribution >= 0.6 is 11.6 Å². The van der Waals surface area contributed by atoms with Crippen molar-refractivity contribution in [3.8, 4) is 5.75 Å². The molecule has 0 spiro atoms. The number of H-pyrrole nitrogens is 2. The van der Waals surface area contributed by atoms with Crippen molar-refractivity contribution >= 4 is 28.5 Å². The molecule has 0 saturated carbocycles. The lowest BCUT2D eigenvalue weighted by Gasteiger charge is -2.43. The van der Waals surface area contributed by atoms with E-state index in [1.165, 1.54) is 5.56 Å². The van der Waals surface area contributed by atoms with Crippen molar-refractivity contribution in [1.29, 1.82) is 0 Å². The molecule has 0 radical (unpaired) electrons. The maximum Gasteiger partial charge on any atom is 0.323 e. The molecule has 180 valence electrons. The van der Waals surface area contributed by atoms with Gasteiger partial charge in [-0.2, -0.15) is 0 Å². The molecule has 1 aliphatic heterocycles. The van der Waals surface area contributed by atoms with Crippen molar-refractivity contribution in [3.05, 3.63) is 98.9 Å². The summed E-state index contributed by atoms with van der Waals surface area (Å²) >= 11 is 5.98. The van der Waals surface area contributed by atoms with Crippen molar-refractivity contribution in [2.75, 3.05) is 20.2 Å². The number of benzene rings is 3. The fourth-order valence-electron chi connectivity index (χ4n) is 5.17. The predicted octanol–water partition coefficient (Wildman–Crippen LogP) is 4.86. The maximum atomic E-state index is 13.0. The van der Waals surface area contributed by atoms with Gasteiger partial charge in [-0.25, -0.2) is 4.79 Å². The van der Waals surface area contributed by atoms with E-state index in [2.05, 4.69) is 28.2 Å². The van der Waals surface area contributed by atoms with Crippen LogP contribution in [0.15, 0.2) is 71.5 Å². The molecule has 1 fully saturated rings. The lowest BCUT2D eigenvalue weighted by atomic mass is 9.69. The normalized spacial score (nSPS) is 15.3. The first-order chi connectivity index (χ1) is 16.9. The van der Waals surface area contributed by atoms with Gasteiger partial charge in [-0.3, -0.25) is 4.79 Å². The zero-order valence-electron chi connectivity index (χ0n) is 19.6. The fourth-order valence-corrected chi connectivity index (χ4v) is 5.30. The quantitative estimate of drug-likeness (QED) is 0.406. The summed E-state index contributed by atoms with van der Waals surface area (Å²) in [6, 6.07) is 21.8. The van der Waals surface area contributed by atoms with Gasteiger partial charge in [0.05, 0.1) is 24.6 Å². The molecule has 0 aliphatic carbocycles. The van der Waals surface area contributed by atoms with E-state index in [1.807, 2.05) is 53.4 Å². The summed E-state index contributed by atoms with van der Waals surface area (Å²) in [4.78, 5) is 32.4.